The third-order valence-electron chi connectivity index (χ3n) is 15.2. The van der Waals surface area contributed by atoms with Gasteiger partial charge in [0.15, 0.2) is 0 Å². The smallest absolute Gasteiger partial charge is 0.309 e. The molecule has 2 aliphatic heterocycles. The molecule has 6 heteroatoms. The van der Waals surface area contributed by atoms with Crippen LogP contribution in [0.15, 0.2) is 53.6 Å². The number of benzene rings is 1. The number of carbonyl (C=O) groups excluding carboxylic acids is 1. The van der Waals surface area contributed by atoms with Gasteiger partial charge in [-0.05, 0) is 97.7 Å². The van der Waals surface area contributed by atoms with E-state index >= 15 is 0 Å². The van der Waals surface area contributed by atoms with Crippen LogP contribution in [0.3, 0.4) is 0 Å². The second kappa shape index (κ2) is 9.53. The van der Waals surface area contributed by atoms with Crippen LogP contribution in [0.25, 0.3) is 0 Å². The van der Waals surface area contributed by atoms with Crippen molar-refractivity contribution in [1.82, 2.24) is 0 Å². The van der Waals surface area contributed by atoms with Gasteiger partial charge >= 0.3 is 5.97 Å². The molecule has 0 radical (unpaired) electrons. The highest BCUT2D eigenvalue weighted by Crippen LogP contribution is 2.90. The Morgan fingerprint density at radius 3 is 2.55 bits per heavy atom. The summed E-state index contributed by atoms with van der Waals surface area (Å²) in [6.07, 6.45) is 9.90. The number of aliphatic hydroxyl groups excluding tert-OH is 3. The molecule has 238 valence electrons. The maximum Gasteiger partial charge on any atom is 0.309 e. The van der Waals surface area contributed by atoms with Crippen LogP contribution in [0.1, 0.15) is 90.7 Å². The highest BCUT2D eigenvalue weighted by molar-refractivity contribution is 5.76. The lowest BCUT2D eigenvalue weighted by Crippen LogP contribution is -2.67. The van der Waals surface area contributed by atoms with E-state index in [1.54, 1.807) is 0 Å². The zero-order valence-electron chi connectivity index (χ0n) is 26.8. The first kappa shape index (κ1) is 29.4. The number of esters is 1. The molecule has 5 aliphatic carbocycles. The SMILES string of the molecule is CC(=CC1CC(C2CCC34CC23C(O)CC2C3(C)CC=C5CC(c6ccccc6)OCC5(C)C3CC(O)C24C)C(=O)O1)CO. The molecule has 0 aromatic heterocycles. The van der Waals surface area contributed by atoms with Gasteiger partial charge in [0.25, 0.3) is 0 Å². The van der Waals surface area contributed by atoms with E-state index in [9.17, 15) is 20.1 Å². The summed E-state index contributed by atoms with van der Waals surface area (Å²) in [6.45, 7) is 9.65. The number of ether oxygens (including phenoxy) is 2. The molecule has 1 aromatic carbocycles. The van der Waals surface area contributed by atoms with Gasteiger partial charge < -0.3 is 24.8 Å². The number of hydrogen-bond donors (Lipinski definition) is 3. The van der Waals surface area contributed by atoms with Crippen LogP contribution in [0, 0.1) is 50.7 Å². The third kappa shape index (κ3) is 3.49. The monoisotopic (exact) mass is 602 g/mol. The van der Waals surface area contributed by atoms with Crippen molar-refractivity contribution in [1.29, 1.82) is 0 Å². The van der Waals surface area contributed by atoms with Gasteiger partial charge in [-0.15, -0.1) is 0 Å². The van der Waals surface area contributed by atoms with Gasteiger partial charge in [0.2, 0.25) is 0 Å². The minimum Gasteiger partial charge on any atom is -0.458 e. The van der Waals surface area contributed by atoms with Crippen LogP contribution >= 0.6 is 0 Å². The Kier molecular flexibility index (Phi) is 6.37. The Labute approximate surface area is 261 Å². The van der Waals surface area contributed by atoms with Gasteiger partial charge in [-0.25, -0.2) is 0 Å². The second-order valence-corrected chi connectivity index (χ2v) is 16.6. The van der Waals surface area contributed by atoms with Gasteiger partial charge in [-0.1, -0.05) is 62.8 Å². The van der Waals surface area contributed by atoms with E-state index in [1.807, 2.05) is 13.0 Å². The Morgan fingerprint density at radius 2 is 1.80 bits per heavy atom. The molecule has 8 rings (SSSR count). The first-order valence-corrected chi connectivity index (χ1v) is 17.2. The maximum atomic E-state index is 13.3. The predicted octanol–water partition coefficient (Wildman–Crippen LogP) is 5.92. The quantitative estimate of drug-likeness (QED) is 0.293. The van der Waals surface area contributed by atoms with E-state index in [0.717, 1.165) is 44.1 Å². The Balaban J connectivity index is 1.10. The molecule has 0 bridgehead atoms. The maximum absolute atomic E-state index is 13.3. The average molecular weight is 603 g/mol. The molecule has 7 aliphatic rings. The molecule has 0 amide bonds. The minimum atomic E-state index is -0.485. The molecule has 2 saturated heterocycles. The highest BCUT2D eigenvalue weighted by Gasteiger charge is 2.88. The number of cyclic esters (lactones) is 1. The average Bonchev–Trinajstić information content (AvgIpc) is 3.43. The Hall–Kier alpha value is -1.99. The fourth-order valence-corrected chi connectivity index (χ4v) is 13.1. The molecule has 3 N–H and O–H groups in total. The van der Waals surface area contributed by atoms with E-state index < -0.39 is 12.2 Å². The van der Waals surface area contributed by atoms with Crippen molar-refractivity contribution >= 4 is 5.97 Å². The third-order valence-corrected chi connectivity index (χ3v) is 15.2. The predicted molar refractivity (Wildman–Crippen MR) is 166 cm³/mol. The summed E-state index contributed by atoms with van der Waals surface area (Å²) in [4.78, 5) is 13.3. The summed E-state index contributed by atoms with van der Waals surface area (Å²) >= 11 is 0. The first-order valence-electron chi connectivity index (χ1n) is 17.2. The van der Waals surface area contributed by atoms with Gasteiger partial charge in [-0.2, -0.15) is 0 Å². The molecule has 0 spiro atoms. The molecule has 2 heterocycles. The van der Waals surface area contributed by atoms with Crippen molar-refractivity contribution < 1.29 is 29.6 Å². The molecule has 6 nitrogen and oxygen atoms in total. The van der Waals surface area contributed by atoms with E-state index in [-0.39, 0.29) is 75.5 Å². The summed E-state index contributed by atoms with van der Waals surface area (Å²) < 4.78 is 12.4. The molecule has 4 saturated carbocycles. The zero-order chi connectivity index (χ0) is 30.9. The van der Waals surface area contributed by atoms with Gasteiger partial charge in [-0.3, -0.25) is 4.79 Å². The van der Waals surface area contributed by atoms with Crippen molar-refractivity contribution in [2.24, 2.45) is 50.7 Å². The lowest BCUT2D eigenvalue weighted by atomic mass is 9.37. The van der Waals surface area contributed by atoms with Crippen LogP contribution in [-0.4, -0.2) is 52.8 Å². The lowest BCUT2D eigenvalue weighted by molar-refractivity contribution is -0.240. The fraction of sp³-hybridized carbons (Fsp3) is 0.711. The van der Waals surface area contributed by atoms with E-state index in [0.29, 0.717) is 19.4 Å². The van der Waals surface area contributed by atoms with Crippen molar-refractivity contribution in [2.75, 3.05) is 13.2 Å². The van der Waals surface area contributed by atoms with Gasteiger partial charge in [0, 0.05) is 22.7 Å². The first-order chi connectivity index (χ1) is 20.9. The molecule has 13 atom stereocenters. The molecule has 13 unspecified atom stereocenters. The Morgan fingerprint density at radius 1 is 1.05 bits per heavy atom. The Bertz CT molecular complexity index is 1420. The van der Waals surface area contributed by atoms with Crippen LogP contribution in [-0.2, 0) is 14.3 Å². The van der Waals surface area contributed by atoms with Gasteiger partial charge in [0.05, 0.1) is 37.4 Å². The highest BCUT2D eigenvalue weighted by atomic mass is 16.5. The van der Waals surface area contributed by atoms with Crippen molar-refractivity contribution in [3.63, 3.8) is 0 Å². The lowest BCUT2D eigenvalue weighted by Gasteiger charge is -2.68. The fourth-order valence-electron chi connectivity index (χ4n) is 13.1. The van der Waals surface area contributed by atoms with Crippen molar-refractivity contribution in [3.05, 3.63) is 59.2 Å². The minimum absolute atomic E-state index is 0.0409. The second-order valence-electron chi connectivity index (χ2n) is 16.6. The largest absolute Gasteiger partial charge is 0.458 e. The molecular weight excluding hydrogens is 552 g/mol. The summed E-state index contributed by atoms with van der Waals surface area (Å²) in [6, 6.07) is 10.5. The van der Waals surface area contributed by atoms with Crippen LogP contribution in [0.4, 0.5) is 0 Å². The van der Waals surface area contributed by atoms with E-state index in [4.69, 9.17) is 9.47 Å². The molecular formula is C38H50O6. The van der Waals surface area contributed by atoms with Crippen LogP contribution in [0.5, 0.6) is 0 Å². The summed E-state index contributed by atoms with van der Waals surface area (Å²) in [5.41, 5.74) is 2.54. The van der Waals surface area contributed by atoms with Crippen LogP contribution in [0.2, 0.25) is 0 Å². The number of fused-ring (bicyclic) bond motifs is 5. The summed E-state index contributed by atoms with van der Waals surface area (Å²) in [5, 5.41) is 34.1. The number of allylic oxidation sites excluding steroid dienone is 1. The number of hydrogen-bond acceptors (Lipinski definition) is 6. The summed E-state index contributed by atoms with van der Waals surface area (Å²) in [5.74, 6) is 0.151. The number of rotatable bonds is 4. The standard InChI is InChI=1S/C38H50O6/c1-22(19-39)14-25-16-26(33(42)44-25)27-11-13-37-20-38(27,37)32(41)18-30-34(2)12-10-24-15-28(23-8-6-5-7-9-23)43-21-35(24,3)29(34)17-31(40)36(30,37)4/h5-10,14,25-32,39-41H,11-13,15-21H2,1-4H3. The van der Waals surface area contributed by atoms with Gasteiger partial charge in [0.1, 0.15) is 6.10 Å². The van der Waals surface area contributed by atoms with E-state index in [2.05, 4.69) is 57.2 Å². The molecule has 6 fully saturated rings. The normalized spacial score (nSPS) is 52.6. The van der Waals surface area contributed by atoms with Crippen LogP contribution < -0.4 is 0 Å². The zero-order valence-corrected chi connectivity index (χ0v) is 26.8. The molecule has 44 heavy (non-hydrogen) atoms. The molecule has 1 aromatic rings. The van der Waals surface area contributed by atoms with E-state index in [1.165, 1.54) is 11.1 Å². The number of aliphatic hydroxyl groups is 3. The van der Waals surface area contributed by atoms with Crippen molar-refractivity contribution in [3.8, 4) is 0 Å². The number of carbonyl (C=O) groups is 1. The topological polar surface area (TPSA) is 96.2 Å². The summed E-state index contributed by atoms with van der Waals surface area (Å²) in [7, 11) is 0. The van der Waals surface area contributed by atoms with Crippen molar-refractivity contribution in [2.45, 2.75) is 103 Å².